The van der Waals surface area contributed by atoms with Gasteiger partial charge in [0.1, 0.15) is 23.4 Å². The maximum atomic E-state index is 8.89. The van der Waals surface area contributed by atoms with Crippen LogP contribution in [0.5, 0.6) is 0 Å². The Kier molecular flexibility index (Phi) is 6.70. The SMILES string of the molecule is CSc1ncc(CN2CCC(c3cc(Nc4ccc(C#N)nc4)nc(C)n3)CC2)cn1. The highest BCUT2D eigenvalue weighted by Crippen LogP contribution is 2.29. The molecule has 0 bridgehead atoms. The molecule has 0 unspecified atom stereocenters. The van der Waals surface area contributed by atoms with E-state index >= 15 is 0 Å². The van der Waals surface area contributed by atoms with Crippen molar-refractivity contribution in [1.29, 1.82) is 5.26 Å². The van der Waals surface area contributed by atoms with Gasteiger partial charge in [-0.05, 0) is 51.2 Å². The Hall–Kier alpha value is -3.09. The highest BCUT2D eigenvalue weighted by atomic mass is 32.2. The Labute approximate surface area is 186 Å². The third-order valence-corrected chi connectivity index (χ3v) is 5.86. The Balaban J connectivity index is 1.38. The lowest BCUT2D eigenvalue weighted by molar-refractivity contribution is 0.202. The van der Waals surface area contributed by atoms with E-state index in [-0.39, 0.29) is 0 Å². The van der Waals surface area contributed by atoms with Crippen LogP contribution in [0, 0.1) is 18.3 Å². The van der Waals surface area contributed by atoms with Crippen molar-refractivity contribution in [2.75, 3.05) is 24.7 Å². The molecule has 1 N–H and O–H groups in total. The molecule has 0 aliphatic carbocycles. The molecule has 9 heteroatoms. The summed E-state index contributed by atoms with van der Waals surface area (Å²) < 4.78 is 0. The molecule has 1 fully saturated rings. The zero-order valence-corrected chi connectivity index (χ0v) is 18.4. The molecular weight excluding hydrogens is 408 g/mol. The molecule has 0 atom stereocenters. The van der Waals surface area contributed by atoms with Crippen molar-refractivity contribution < 1.29 is 0 Å². The molecule has 0 aromatic carbocycles. The lowest BCUT2D eigenvalue weighted by Gasteiger charge is -2.31. The van der Waals surface area contributed by atoms with Gasteiger partial charge in [-0.3, -0.25) is 4.90 Å². The van der Waals surface area contributed by atoms with E-state index in [9.17, 15) is 0 Å². The molecule has 3 aromatic heterocycles. The minimum absolute atomic E-state index is 0.392. The monoisotopic (exact) mass is 432 g/mol. The molecule has 0 saturated carbocycles. The molecule has 31 heavy (non-hydrogen) atoms. The number of hydrogen-bond acceptors (Lipinski definition) is 9. The van der Waals surface area contributed by atoms with Gasteiger partial charge >= 0.3 is 0 Å². The normalized spacial score (nSPS) is 14.9. The summed E-state index contributed by atoms with van der Waals surface area (Å²) in [5.74, 6) is 1.91. The van der Waals surface area contributed by atoms with E-state index in [0.717, 1.165) is 66.2 Å². The van der Waals surface area contributed by atoms with Crippen LogP contribution in [0.3, 0.4) is 0 Å². The third kappa shape index (κ3) is 5.54. The van der Waals surface area contributed by atoms with Gasteiger partial charge < -0.3 is 5.32 Å². The summed E-state index contributed by atoms with van der Waals surface area (Å²) >= 11 is 1.56. The third-order valence-electron chi connectivity index (χ3n) is 5.28. The lowest BCUT2D eigenvalue weighted by atomic mass is 9.93. The smallest absolute Gasteiger partial charge is 0.187 e. The van der Waals surface area contributed by atoms with Crippen LogP contribution in [0.15, 0.2) is 41.9 Å². The molecule has 1 aliphatic heterocycles. The Morgan fingerprint density at radius 3 is 2.55 bits per heavy atom. The topological polar surface area (TPSA) is 104 Å². The maximum Gasteiger partial charge on any atom is 0.187 e. The Morgan fingerprint density at radius 2 is 1.90 bits per heavy atom. The number of thioether (sulfide) groups is 1. The van der Waals surface area contributed by atoms with Gasteiger partial charge in [0.15, 0.2) is 5.16 Å². The van der Waals surface area contributed by atoms with Gasteiger partial charge in [0.25, 0.3) is 0 Å². The van der Waals surface area contributed by atoms with Crippen LogP contribution in [-0.2, 0) is 6.54 Å². The molecule has 3 aromatic rings. The number of anilines is 2. The predicted octanol–water partition coefficient (Wildman–Crippen LogP) is 3.69. The zero-order valence-electron chi connectivity index (χ0n) is 17.6. The first-order chi connectivity index (χ1) is 15.1. The van der Waals surface area contributed by atoms with Crippen molar-refractivity contribution in [3.63, 3.8) is 0 Å². The van der Waals surface area contributed by atoms with E-state index < -0.39 is 0 Å². The molecule has 0 spiro atoms. The van der Waals surface area contributed by atoms with E-state index in [1.54, 1.807) is 24.0 Å². The first kappa shape index (κ1) is 21.2. The first-order valence-corrected chi connectivity index (χ1v) is 11.4. The summed E-state index contributed by atoms with van der Waals surface area (Å²) in [5, 5.41) is 13.0. The Morgan fingerprint density at radius 1 is 1.13 bits per heavy atom. The van der Waals surface area contributed by atoms with Crippen LogP contribution >= 0.6 is 11.8 Å². The highest BCUT2D eigenvalue weighted by molar-refractivity contribution is 7.98. The quantitative estimate of drug-likeness (QED) is 0.461. The first-order valence-electron chi connectivity index (χ1n) is 10.2. The van der Waals surface area contributed by atoms with E-state index in [1.165, 1.54) is 0 Å². The van der Waals surface area contributed by atoms with Crippen molar-refractivity contribution >= 4 is 23.3 Å². The van der Waals surface area contributed by atoms with Crippen LogP contribution < -0.4 is 5.32 Å². The van der Waals surface area contributed by atoms with E-state index in [0.29, 0.717) is 11.6 Å². The van der Waals surface area contributed by atoms with Crippen molar-refractivity contribution in [3.05, 3.63) is 59.6 Å². The summed E-state index contributed by atoms with van der Waals surface area (Å²) in [6.07, 6.45) is 9.58. The van der Waals surface area contributed by atoms with Gasteiger partial charge in [0.2, 0.25) is 0 Å². The molecule has 1 aliphatic rings. The molecule has 158 valence electrons. The molecule has 0 amide bonds. The number of nitriles is 1. The summed E-state index contributed by atoms with van der Waals surface area (Å²) in [4.78, 5) is 24.5. The van der Waals surface area contributed by atoms with Crippen molar-refractivity contribution in [1.82, 2.24) is 29.8 Å². The van der Waals surface area contributed by atoms with Gasteiger partial charge in [-0.15, -0.1) is 0 Å². The number of aromatic nitrogens is 5. The summed E-state index contributed by atoms with van der Waals surface area (Å²) in [7, 11) is 0. The molecule has 1 saturated heterocycles. The Bertz CT molecular complexity index is 1050. The molecule has 4 rings (SSSR count). The molecule has 4 heterocycles. The maximum absolute atomic E-state index is 8.89. The lowest BCUT2D eigenvalue weighted by Crippen LogP contribution is -2.32. The predicted molar refractivity (Wildman–Crippen MR) is 120 cm³/mol. The largest absolute Gasteiger partial charge is 0.339 e. The van der Waals surface area contributed by atoms with E-state index in [1.807, 2.05) is 43.8 Å². The van der Waals surface area contributed by atoms with Crippen molar-refractivity contribution in [2.24, 2.45) is 0 Å². The standard InChI is InChI=1S/C22H24N8S/c1-15-27-20(9-21(28-15)29-19-4-3-18(10-23)24-13-19)17-5-7-30(8-6-17)14-16-11-25-22(31-2)26-12-16/h3-4,9,11-13,17H,5-8,14H2,1-2H3,(H,27,28,29). The van der Waals surface area contributed by atoms with Crippen LogP contribution in [0.4, 0.5) is 11.5 Å². The fourth-order valence-electron chi connectivity index (χ4n) is 3.72. The van der Waals surface area contributed by atoms with Crippen LogP contribution in [0.2, 0.25) is 0 Å². The second-order valence-electron chi connectivity index (χ2n) is 7.52. The average molecular weight is 433 g/mol. The van der Waals surface area contributed by atoms with Gasteiger partial charge in [0.05, 0.1) is 11.9 Å². The zero-order chi connectivity index (χ0) is 21.6. The van der Waals surface area contributed by atoms with E-state index in [4.69, 9.17) is 10.2 Å². The summed E-state index contributed by atoms with van der Waals surface area (Å²) in [6.45, 7) is 4.82. The minimum atomic E-state index is 0.392. The molecular formula is C22H24N8S. The van der Waals surface area contributed by atoms with Gasteiger partial charge in [-0.25, -0.2) is 24.9 Å². The number of nitrogens with one attached hydrogen (secondary N) is 1. The van der Waals surface area contributed by atoms with Crippen LogP contribution in [-0.4, -0.2) is 49.2 Å². The summed E-state index contributed by atoms with van der Waals surface area (Å²) in [5.41, 5.74) is 3.41. The number of rotatable bonds is 6. The number of hydrogen-bond donors (Lipinski definition) is 1. The van der Waals surface area contributed by atoms with Gasteiger partial charge in [-0.1, -0.05) is 11.8 Å². The minimum Gasteiger partial charge on any atom is -0.339 e. The fourth-order valence-corrected chi connectivity index (χ4v) is 4.04. The van der Waals surface area contributed by atoms with Crippen LogP contribution in [0.25, 0.3) is 0 Å². The van der Waals surface area contributed by atoms with Crippen LogP contribution in [0.1, 0.15) is 41.5 Å². The van der Waals surface area contributed by atoms with Gasteiger partial charge in [0, 0.05) is 42.2 Å². The number of pyridine rings is 1. The summed E-state index contributed by atoms with van der Waals surface area (Å²) in [6, 6.07) is 7.57. The average Bonchev–Trinajstić information content (AvgIpc) is 2.80. The highest BCUT2D eigenvalue weighted by Gasteiger charge is 2.22. The number of piperidine rings is 1. The second kappa shape index (κ2) is 9.81. The van der Waals surface area contributed by atoms with Gasteiger partial charge in [-0.2, -0.15) is 5.26 Å². The molecule has 8 nitrogen and oxygen atoms in total. The van der Waals surface area contributed by atoms with E-state index in [2.05, 4.69) is 30.2 Å². The molecule has 0 radical (unpaired) electrons. The van der Waals surface area contributed by atoms with Crippen molar-refractivity contribution in [3.8, 4) is 6.07 Å². The fraction of sp³-hybridized carbons (Fsp3) is 0.364. The second-order valence-corrected chi connectivity index (χ2v) is 8.30. The van der Waals surface area contributed by atoms with Crippen molar-refractivity contribution in [2.45, 2.75) is 37.4 Å². The number of likely N-dealkylation sites (tertiary alicyclic amines) is 1. The number of nitrogens with zero attached hydrogens (tertiary/aromatic N) is 7. The number of aryl methyl sites for hydroxylation is 1.